The molecule has 0 radical (unpaired) electrons. The predicted octanol–water partition coefficient (Wildman–Crippen LogP) is 3.63. The first kappa shape index (κ1) is 14.7. The second-order valence-corrected chi connectivity index (χ2v) is 6.49. The van der Waals surface area contributed by atoms with Gasteiger partial charge in [0.2, 0.25) is 0 Å². The fraction of sp³-hybridized carbons (Fsp3) is 0.471. The molecule has 0 spiro atoms. The van der Waals surface area contributed by atoms with Gasteiger partial charge in [0.15, 0.2) is 0 Å². The zero-order valence-corrected chi connectivity index (χ0v) is 13.3. The maximum atomic E-state index is 5.80. The van der Waals surface area contributed by atoms with Gasteiger partial charge in [-0.1, -0.05) is 6.07 Å². The van der Waals surface area contributed by atoms with Crippen LogP contribution in [0.3, 0.4) is 0 Å². The molecule has 0 N–H and O–H groups in total. The summed E-state index contributed by atoms with van der Waals surface area (Å²) in [4.78, 5) is 7.10. The molecule has 1 atom stereocenters. The molecule has 0 saturated carbocycles. The van der Waals surface area contributed by atoms with Crippen molar-refractivity contribution in [1.29, 1.82) is 0 Å². The summed E-state index contributed by atoms with van der Waals surface area (Å²) < 4.78 is 5.80. The van der Waals surface area contributed by atoms with E-state index in [1.165, 1.54) is 18.4 Å². The largest absolute Gasteiger partial charge is 0.377 e. The minimum atomic E-state index is 0.383. The number of aryl methyl sites for hydroxylation is 1. The summed E-state index contributed by atoms with van der Waals surface area (Å²) in [5, 5.41) is 4.37. The van der Waals surface area contributed by atoms with Crippen LogP contribution in [0.15, 0.2) is 35.0 Å². The van der Waals surface area contributed by atoms with Crippen molar-refractivity contribution in [2.24, 2.45) is 0 Å². The molecule has 3 nitrogen and oxygen atoms in total. The molecule has 2 aromatic heterocycles. The van der Waals surface area contributed by atoms with Gasteiger partial charge >= 0.3 is 0 Å². The van der Waals surface area contributed by atoms with E-state index in [4.69, 9.17) is 4.74 Å². The van der Waals surface area contributed by atoms with E-state index in [1.54, 1.807) is 11.3 Å². The summed E-state index contributed by atoms with van der Waals surface area (Å²) >= 11 is 1.76. The molecule has 3 heterocycles. The van der Waals surface area contributed by atoms with Gasteiger partial charge in [-0.05, 0) is 54.3 Å². The van der Waals surface area contributed by atoms with Gasteiger partial charge in [-0.3, -0.25) is 9.88 Å². The van der Waals surface area contributed by atoms with Crippen LogP contribution in [0.25, 0.3) is 0 Å². The molecule has 1 unspecified atom stereocenters. The molecule has 1 aliphatic heterocycles. The summed E-state index contributed by atoms with van der Waals surface area (Å²) in [6.07, 6.45) is 2.76. The Kier molecular flexibility index (Phi) is 5.01. The number of hydrogen-bond donors (Lipinski definition) is 0. The number of nitrogens with zero attached hydrogens (tertiary/aromatic N) is 2. The van der Waals surface area contributed by atoms with Crippen LogP contribution < -0.4 is 0 Å². The highest BCUT2D eigenvalue weighted by molar-refractivity contribution is 7.07. The van der Waals surface area contributed by atoms with E-state index in [-0.39, 0.29) is 0 Å². The Morgan fingerprint density at radius 2 is 2.29 bits per heavy atom. The van der Waals surface area contributed by atoms with Gasteiger partial charge in [-0.25, -0.2) is 0 Å². The minimum Gasteiger partial charge on any atom is -0.377 e. The van der Waals surface area contributed by atoms with Crippen molar-refractivity contribution >= 4 is 11.3 Å². The van der Waals surface area contributed by atoms with Crippen molar-refractivity contribution in [3.05, 3.63) is 52.0 Å². The van der Waals surface area contributed by atoms with Gasteiger partial charge in [-0.15, -0.1) is 0 Å². The second-order valence-electron chi connectivity index (χ2n) is 5.71. The molecule has 112 valence electrons. The molecule has 3 rings (SSSR count). The Balaban J connectivity index is 1.68. The van der Waals surface area contributed by atoms with E-state index in [0.717, 1.165) is 37.6 Å². The summed E-state index contributed by atoms with van der Waals surface area (Å²) in [7, 11) is 0. The fourth-order valence-corrected chi connectivity index (χ4v) is 3.48. The normalized spacial score (nSPS) is 18.5. The van der Waals surface area contributed by atoms with Crippen LogP contribution >= 0.6 is 11.3 Å². The highest BCUT2D eigenvalue weighted by Gasteiger charge is 2.20. The minimum absolute atomic E-state index is 0.383. The van der Waals surface area contributed by atoms with E-state index in [2.05, 4.69) is 38.8 Å². The predicted molar refractivity (Wildman–Crippen MR) is 86.4 cm³/mol. The number of aromatic nitrogens is 1. The fourth-order valence-electron chi connectivity index (χ4n) is 2.82. The summed E-state index contributed by atoms with van der Waals surface area (Å²) in [6.45, 7) is 5.81. The van der Waals surface area contributed by atoms with Crippen molar-refractivity contribution in [3.63, 3.8) is 0 Å². The number of thiophene rings is 1. The van der Waals surface area contributed by atoms with Gasteiger partial charge in [-0.2, -0.15) is 11.3 Å². The third kappa shape index (κ3) is 4.37. The van der Waals surface area contributed by atoms with E-state index >= 15 is 0 Å². The topological polar surface area (TPSA) is 25.4 Å². The van der Waals surface area contributed by atoms with Crippen LogP contribution in [0.1, 0.15) is 29.8 Å². The molecular formula is C17H22N2OS. The molecule has 21 heavy (non-hydrogen) atoms. The van der Waals surface area contributed by atoms with Gasteiger partial charge < -0.3 is 4.74 Å². The zero-order valence-electron chi connectivity index (χ0n) is 12.5. The lowest BCUT2D eigenvalue weighted by atomic mass is 10.2. The van der Waals surface area contributed by atoms with Crippen molar-refractivity contribution in [3.8, 4) is 0 Å². The van der Waals surface area contributed by atoms with E-state index in [0.29, 0.717) is 6.10 Å². The molecule has 1 saturated heterocycles. The van der Waals surface area contributed by atoms with Crippen LogP contribution in [0.5, 0.6) is 0 Å². The van der Waals surface area contributed by atoms with E-state index < -0.39 is 0 Å². The standard InChI is InChI=1S/C17H22N2OS/c1-14-4-2-5-16(18-14)11-19(10-15-7-9-21-13-15)12-17-6-3-8-20-17/h2,4-5,7,9,13,17H,3,6,8,10-12H2,1H3. The smallest absolute Gasteiger partial charge is 0.0703 e. The van der Waals surface area contributed by atoms with E-state index in [1.807, 2.05) is 13.0 Å². The molecule has 0 aliphatic carbocycles. The lowest BCUT2D eigenvalue weighted by Crippen LogP contribution is -2.31. The summed E-state index contributed by atoms with van der Waals surface area (Å²) in [5.74, 6) is 0. The number of pyridine rings is 1. The molecule has 0 amide bonds. The molecule has 1 fully saturated rings. The van der Waals surface area contributed by atoms with Crippen LogP contribution in [0, 0.1) is 6.92 Å². The highest BCUT2D eigenvalue weighted by Crippen LogP contribution is 2.17. The van der Waals surface area contributed by atoms with Gasteiger partial charge in [0, 0.05) is 31.9 Å². The van der Waals surface area contributed by atoms with Gasteiger partial charge in [0.1, 0.15) is 0 Å². The van der Waals surface area contributed by atoms with Crippen LogP contribution in [0.4, 0.5) is 0 Å². The first-order valence-corrected chi connectivity index (χ1v) is 8.51. The Bertz CT molecular complexity index is 550. The Morgan fingerprint density at radius 3 is 3.00 bits per heavy atom. The molecule has 0 aromatic carbocycles. The summed E-state index contributed by atoms with van der Waals surface area (Å²) in [6, 6.07) is 8.46. The highest BCUT2D eigenvalue weighted by atomic mass is 32.1. The molecule has 4 heteroatoms. The lowest BCUT2D eigenvalue weighted by molar-refractivity contribution is 0.0675. The van der Waals surface area contributed by atoms with Crippen LogP contribution in [-0.2, 0) is 17.8 Å². The van der Waals surface area contributed by atoms with E-state index in [9.17, 15) is 0 Å². The number of rotatable bonds is 6. The van der Waals surface area contributed by atoms with Crippen molar-refractivity contribution in [2.75, 3.05) is 13.2 Å². The van der Waals surface area contributed by atoms with Crippen molar-refractivity contribution in [2.45, 2.75) is 39.0 Å². The summed E-state index contributed by atoms with van der Waals surface area (Å²) in [5.41, 5.74) is 3.61. The third-order valence-corrected chi connectivity index (χ3v) is 4.54. The third-order valence-electron chi connectivity index (χ3n) is 3.80. The quantitative estimate of drug-likeness (QED) is 0.814. The molecular weight excluding hydrogens is 280 g/mol. The maximum absolute atomic E-state index is 5.80. The van der Waals surface area contributed by atoms with Gasteiger partial charge in [0.05, 0.1) is 11.8 Å². The van der Waals surface area contributed by atoms with Crippen molar-refractivity contribution in [1.82, 2.24) is 9.88 Å². The van der Waals surface area contributed by atoms with Crippen LogP contribution in [0.2, 0.25) is 0 Å². The average molecular weight is 302 g/mol. The van der Waals surface area contributed by atoms with Crippen molar-refractivity contribution < 1.29 is 4.74 Å². The molecule has 1 aliphatic rings. The first-order valence-electron chi connectivity index (χ1n) is 7.57. The first-order chi connectivity index (χ1) is 10.3. The SMILES string of the molecule is Cc1cccc(CN(Cc2ccsc2)CC2CCCO2)n1. The van der Waals surface area contributed by atoms with Gasteiger partial charge in [0.25, 0.3) is 0 Å². The average Bonchev–Trinajstić information content (AvgIpc) is 3.12. The maximum Gasteiger partial charge on any atom is 0.0703 e. The molecule has 2 aromatic rings. The second kappa shape index (κ2) is 7.16. The molecule has 0 bridgehead atoms. The zero-order chi connectivity index (χ0) is 14.5. The Labute approximate surface area is 130 Å². The Morgan fingerprint density at radius 1 is 1.33 bits per heavy atom. The monoisotopic (exact) mass is 302 g/mol. The lowest BCUT2D eigenvalue weighted by Gasteiger charge is -2.24. The Hall–Kier alpha value is -1.23. The van der Waals surface area contributed by atoms with Crippen LogP contribution in [-0.4, -0.2) is 29.1 Å². The number of ether oxygens (including phenoxy) is 1. The number of hydrogen-bond acceptors (Lipinski definition) is 4.